The average Bonchev–Trinajstić information content (AvgIpc) is 2.20. The van der Waals surface area contributed by atoms with Crippen molar-refractivity contribution in [3.8, 4) is 0 Å². The number of carboxylic acid groups (broad SMARTS) is 1. The van der Waals surface area contributed by atoms with E-state index in [1.54, 1.807) is 0 Å². The Morgan fingerprint density at radius 2 is 1.94 bits per heavy atom. The molecule has 1 rings (SSSR count). The zero-order valence-electron chi connectivity index (χ0n) is 9.05. The van der Waals surface area contributed by atoms with Crippen molar-refractivity contribution in [3.63, 3.8) is 0 Å². The molecule has 0 aliphatic carbocycles. The van der Waals surface area contributed by atoms with Gasteiger partial charge in [0.2, 0.25) is 10.0 Å². The van der Waals surface area contributed by atoms with Crippen LogP contribution in [0.5, 0.6) is 0 Å². The first kappa shape index (κ1) is 13.4. The number of anilines is 1. The standard InChI is InChI=1S/C10H12FNO4S/c1-7(10(13)14)6-17(15,16)12-9-4-2-8(11)3-5-9/h2-5,7,12H,6H2,1H3,(H,13,14). The van der Waals surface area contributed by atoms with Crippen LogP contribution in [0.1, 0.15) is 6.92 Å². The van der Waals surface area contributed by atoms with Gasteiger partial charge in [0.15, 0.2) is 0 Å². The molecule has 0 heterocycles. The second-order valence-corrected chi connectivity index (χ2v) is 5.40. The van der Waals surface area contributed by atoms with E-state index in [1.165, 1.54) is 19.1 Å². The quantitative estimate of drug-likeness (QED) is 0.836. The van der Waals surface area contributed by atoms with Crippen LogP contribution >= 0.6 is 0 Å². The molecular formula is C10H12FNO4S. The van der Waals surface area contributed by atoms with Gasteiger partial charge in [-0.15, -0.1) is 0 Å². The van der Waals surface area contributed by atoms with E-state index in [-0.39, 0.29) is 5.69 Å². The molecule has 0 aliphatic rings. The first-order valence-electron chi connectivity index (χ1n) is 4.79. The summed E-state index contributed by atoms with van der Waals surface area (Å²) in [6.07, 6.45) is 0. The number of carbonyl (C=O) groups is 1. The molecule has 0 fully saturated rings. The Morgan fingerprint density at radius 1 is 1.41 bits per heavy atom. The number of rotatable bonds is 5. The Labute approximate surface area is 98.3 Å². The van der Waals surface area contributed by atoms with E-state index in [1.807, 2.05) is 0 Å². The fraction of sp³-hybridized carbons (Fsp3) is 0.300. The molecule has 5 nitrogen and oxygen atoms in total. The number of hydrogen-bond acceptors (Lipinski definition) is 3. The summed E-state index contributed by atoms with van der Waals surface area (Å²) in [4.78, 5) is 10.5. The number of aliphatic carboxylic acids is 1. The molecule has 0 radical (unpaired) electrons. The van der Waals surface area contributed by atoms with Crippen molar-refractivity contribution in [2.45, 2.75) is 6.92 Å². The van der Waals surface area contributed by atoms with Crippen molar-refractivity contribution in [2.75, 3.05) is 10.5 Å². The normalized spacial score (nSPS) is 13.1. The summed E-state index contributed by atoms with van der Waals surface area (Å²) < 4.78 is 37.8. The van der Waals surface area contributed by atoms with Crippen molar-refractivity contribution in [2.24, 2.45) is 5.92 Å². The van der Waals surface area contributed by atoms with Gasteiger partial charge in [0.25, 0.3) is 0 Å². The molecular weight excluding hydrogens is 249 g/mol. The first-order chi connectivity index (χ1) is 7.80. The van der Waals surface area contributed by atoms with Gasteiger partial charge in [-0.2, -0.15) is 0 Å². The number of carboxylic acids is 1. The molecule has 0 saturated carbocycles. The van der Waals surface area contributed by atoms with Crippen molar-refractivity contribution in [1.82, 2.24) is 0 Å². The molecule has 7 heteroatoms. The van der Waals surface area contributed by atoms with Crippen LogP contribution in [-0.2, 0) is 14.8 Å². The lowest BCUT2D eigenvalue weighted by Gasteiger charge is -2.10. The van der Waals surface area contributed by atoms with E-state index in [9.17, 15) is 17.6 Å². The van der Waals surface area contributed by atoms with Gasteiger partial charge < -0.3 is 5.11 Å². The average molecular weight is 261 g/mol. The van der Waals surface area contributed by atoms with Gasteiger partial charge in [-0.05, 0) is 24.3 Å². The van der Waals surface area contributed by atoms with Crippen LogP contribution < -0.4 is 4.72 Å². The third kappa shape index (κ3) is 4.39. The van der Waals surface area contributed by atoms with Crippen LogP contribution in [0.3, 0.4) is 0 Å². The van der Waals surface area contributed by atoms with E-state index < -0.39 is 33.5 Å². The molecule has 1 aromatic rings. The summed E-state index contributed by atoms with van der Waals surface area (Å²) in [7, 11) is -3.75. The van der Waals surface area contributed by atoms with Gasteiger partial charge in [0.05, 0.1) is 11.7 Å². The Bertz CT molecular complexity index is 498. The highest BCUT2D eigenvalue weighted by Gasteiger charge is 2.20. The topological polar surface area (TPSA) is 83.5 Å². The van der Waals surface area contributed by atoms with Gasteiger partial charge in [0, 0.05) is 5.69 Å². The van der Waals surface area contributed by atoms with Gasteiger partial charge in [-0.3, -0.25) is 9.52 Å². The second-order valence-electron chi connectivity index (χ2n) is 3.63. The van der Waals surface area contributed by atoms with Crippen LogP contribution in [0.4, 0.5) is 10.1 Å². The summed E-state index contributed by atoms with van der Waals surface area (Å²) in [5.41, 5.74) is 0.198. The molecule has 0 saturated heterocycles. The number of sulfonamides is 1. The lowest BCUT2D eigenvalue weighted by atomic mass is 10.2. The SMILES string of the molecule is CC(CS(=O)(=O)Nc1ccc(F)cc1)C(=O)O. The van der Waals surface area contributed by atoms with Crippen LogP contribution in [0, 0.1) is 11.7 Å². The third-order valence-electron chi connectivity index (χ3n) is 2.01. The van der Waals surface area contributed by atoms with Crippen molar-refractivity contribution in [3.05, 3.63) is 30.1 Å². The van der Waals surface area contributed by atoms with Crippen LogP contribution in [0.25, 0.3) is 0 Å². The molecule has 0 aromatic heterocycles. The minimum atomic E-state index is -3.75. The van der Waals surface area contributed by atoms with Gasteiger partial charge in [-0.1, -0.05) is 6.92 Å². The van der Waals surface area contributed by atoms with Crippen molar-refractivity contribution >= 4 is 21.7 Å². The zero-order chi connectivity index (χ0) is 13.1. The molecule has 0 bridgehead atoms. The largest absolute Gasteiger partial charge is 0.481 e. The summed E-state index contributed by atoms with van der Waals surface area (Å²) >= 11 is 0. The van der Waals surface area contributed by atoms with E-state index in [4.69, 9.17) is 5.11 Å². The van der Waals surface area contributed by atoms with Crippen molar-refractivity contribution < 1.29 is 22.7 Å². The van der Waals surface area contributed by atoms with Gasteiger partial charge in [-0.25, -0.2) is 12.8 Å². The Kier molecular flexibility index (Phi) is 4.06. The maximum atomic E-state index is 12.6. The highest BCUT2D eigenvalue weighted by molar-refractivity contribution is 7.92. The first-order valence-corrected chi connectivity index (χ1v) is 6.44. The molecule has 1 atom stereocenters. The smallest absolute Gasteiger partial charge is 0.307 e. The minimum absolute atomic E-state index is 0.198. The third-order valence-corrected chi connectivity index (χ3v) is 3.49. The zero-order valence-corrected chi connectivity index (χ0v) is 9.87. The second kappa shape index (κ2) is 5.13. The van der Waals surface area contributed by atoms with Crippen LogP contribution in [-0.4, -0.2) is 25.2 Å². The number of nitrogens with one attached hydrogen (secondary N) is 1. The van der Waals surface area contributed by atoms with E-state index in [2.05, 4.69) is 4.72 Å². The highest BCUT2D eigenvalue weighted by Crippen LogP contribution is 2.12. The minimum Gasteiger partial charge on any atom is -0.481 e. The molecule has 1 aromatic carbocycles. The highest BCUT2D eigenvalue weighted by atomic mass is 32.2. The Hall–Kier alpha value is -1.63. The lowest BCUT2D eigenvalue weighted by Crippen LogP contribution is -2.25. The summed E-state index contributed by atoms with van der Waals surface area (Å²) in [6.45, 7) is 1.30. The number of halogens is 1. The summed E-state index contributed by atoms with van der Waals surface area (Å²) in [6, 6.07) is 4.74. The molecule has 94 valence electrons. The predicted octanol–water partition coefficient (Wildman–Crippen LogP) is 1.29. The maximum Gasteiger partial charge on any atom is 0.307 e. The molecule has 1 unspecified atom stereocenters. The molecule has 17 heavy (non-hydrogen) atoms. The molecule has 0 amide bonds. The van der Waals surface area contributed by atoms with Gasteiger partial charge >= 0.3 is 5.97 Å². The van der Waals surface area contributed by atoms with Gasteiger partial charge in [0.1, 0.15) is 5.82 Å². The lowest BCUT2D eigenvalue weighted by molar-refractivity contribution is -0.140. The summed E-state index contributed by atoms with van der Waals surface area (Å²) in [5, 5.41) is 8.61. The van der Waals surface area contributed by atoms with Crippen LogP contribution in [0.2, 0.25) is 0 Å². The number of benzene rings is 1. The molecule has 2 N–H and O–H groups in total. The monoisotopic (exact) mass is 261 g/mol. The number of hydrogen-bond donors (Lipinski definition) is 2. The Morgan fingerprint density at radius 3 is 2.41 bits per heavy atom. The Balaban J connectivity index is 2.73. The van der Waals surface area contributed by atoms with Crippen molar-refractivity contribution in [1.29, 1.82) is 0 Å². The molecule has 0 spiro atoms. The van der Waals surface area contributed by atoms with E-state index in [0.717, 1.165) is 12.1 Å². The van der Waals surface area contributed by atoms with E-state index >= 15 is 0 Å². The van der Waals surface area contributed by atoms with Crippen LogP contribution in [0.15, 0.2) is 24.3 Å². The fourth-order valence-electron chi connectivity index (χ4n) is 1.14. The van der Waals surface area contributed by atoms with E-state index in [0.29, 0.717) is 0 Å². The summed E-state index contributed by atoms with van der Waals surface area (Å²) in [5.74, 6) is -3.20. The molecule has 0 aliphatic heterocycles. The maximum absolute atomic E-state index is 12.6. The fourth-order valence-corrected chi connectivity index (χ4v) is 2.52. The predicted molar refractivity (Wildman–Crippen MR) is 60.6 cm³/mol.